The van der Waals surface area contributed by atoms with Crippen molar-refractivity contribution >= 4 is 23.4 Å². The first-order valence-corrected chi connectivity index (χ1v) is 8.86. The molecule has 0 unspecified atom stereocenters. The molecule has 0 atom stereocenters. The number of aryl methyl sites for hydroxylation is 2. The number of nitrogens with zero attached hydrogens (tertiary/aromatic N) is 2. The van der Waals surface area contributed by atoms with Gasteiger partial charge in [-0.3, -0.25) is 9.36 Å². The number of ether oxygens (including phenoxy) is 2. The molecule has 0 aliphatic heterocycles. The van der Waals surface area contributed by atoms with E-state index < -0.39 is 12.6 Å². The minimum absolute atomic E-state index is 0.159. The monoisotopic (exact) mass is 402 g/mol. The van der Waals surface area contributed by atoms with Gasteiger partial charge in [0.25, 0.3) is 0 Å². The van der Waals surface area contributed by atoms with Crippen molar-refractivity contribution in [1.29, 1.82) is 0 Å². The van der Waals surface area contributed by atoms with Crippen molar-refractivity contribution in [3.05, 3.63) is 63.6 Å². The zero-order valence-electron chi connectivity index (χ0n) is 15.9. The van der Waals surface area contributed by atoms with Crippen LogP contribution in [0.25, 0.3) is 5.82 Å². The maximum absolute atomic E-state index is 12.6. The lowest BCUT2D eigenvalue weighted by Crippen LogP contribution is -2.15. The maximum atomic E-state index is 12.6. The standard InChI is InChI=1S/C20H19ClN2O5/c1-11-7-15(13(3)23(11)19-8-12(2)28-22-19)17(24)10-27-20(25)16-9-14(21)5-6-18(16)26-4/h5-9H,10H2,1-4H3. The van der Waals surface area contributed by atoms with Gasteiger partial charge in [-0.2, -0.15) is 0 Å². The lowest BCUT2D eigenvalue weighted by molar-refractivity contribution is 0.0471. The van der Waals surface area contributed by atoms with Gasteiger partial charge in [0, 0.05) is 28.0 Å². The van der Waals surface area contributed by atoms with Gasteiger partial charge in [0.1, 0.15) is 17.1 Å². The predicted octanol–water partition coefficient (Wildman–Crippen LogP) is 4.09. The number of hydrogen-bond donors (Lipinski definition) is 0. The number of ketones is 1. The van der Waals surface area contributed by atoms with Crippen molar-refractivity contribution in [3.63, 3.8) is 0 Å². The van der Waals surface area contributed by atoms with Crippen LogP contribution in [0.1, 0.15) is 37.9 Å². The van der Waals surface area contributed by atoms with Gasteiger partial charge in [-0.25, -0.2) is 4.79 Å². The molecule has 0 amide bonds. The van der Waals surface area contributed by atoms with Gasteiger partial charge in [-0.1, -0.05) is 16.8 Å². The van der Waals surface area contributed by atoms with Crippen LogP contribution in [0, 0.1) is 20.8 Å². The Hall–Kier alpha value is -3.06. The molecule has 0 spiro atoms. The first-order chi connectivity index (χ1) is 13.3. The van der Waals surface area contributed by atoms with Crippen LogP contribution in [0.4, 0.5) is 0 Å². The van der Waals surface area contributed by atoms with Crippen molar-refractivity contribution in [2.75, 3.05) is 13.7 Å². The minimum atomic E-state index is -0.686. The van der Waals surface area contributed by atoms with Crippen LogP contribution in [0.3, 0.4) is 0 Å². The highest BCUT2D eigenvalue weighted by molar-refractivity contribution is 6.31. The second-order valence-corrected chi connectivity index (χ2v) is 6.70. The van der Waals surface area contributed by atoms with E-state index in [4.69, 9.17) is 25.6 Å². The lowest BCUT2D eigenvalue weighted by atomic mass is 10.1. The van der Waals surface area contributed by atoms with E-state index in [1.807, 2.05) is 11.5 Å². The largest absolute Gasteiger partial charge is 0.496 e. The van der Waals surface area contributed by atoms with Crippen molar-refractivity contribution in [2.45, 2.75) is 20.8 Å². The Morgan fingerprint density at radius 3 is 2.54 bits per heavy atom. The van der Waals surface area contributed by atoms with E-state index in [9.17, 15) is 9.59 Å². The second kappa shape index (κ2) is 7.90. The maximum Gasteiger partial charge on any atom is 0.342 e. The summed E-state index contributed by atoms with van der Waals surface area (Å²) in [5.74, 6) is 0.566. The summed E-state index contributed by atoms with van der Waals surface area (Å²) in [6.07, 6.45) is 0. The van der Waals surface area contributed by atoms with E-state index >= 15 is 0 Å². The third-order valence-electron chi connectivity index (χ3n) is 4.29. The summed E-state index contributed by atoms with van der Waals surface area (Å²) in [5, 5.41) is 4.35. The second-order valence-electron chi connectivity index (χ2n) is 6.26. The van der Waals surface area contributed by atoms with Crippen LogP contribution in [0.5, 0.6) is 5.75 Å². The van der Waals surface area contributed by atoms with Crippen LogP contribution in [-0.2, 0) is 4.74 Å². The number of carbonyl (C=O) groups is 2. The van der Waals surface area contributed by atoms with E-state index in [-0.39, 0.29) is 11.3 Å². The van der Waals surface area contributed by atoms with Gasteiger partial charge in [0.15, 0.2) is 12.4 Å². The fourth-order valence-electron chi connectivity index (χ4n) is 2.98. The van der Waals surface area contributed by atoms with Crippen LogP contribution >= 0.6 is 11.6 Å². The Bertz CT molecular complexity index is 1050. The van der Waals surface area contributed by atoms with Gasteiger partial charge in [-0.05, 0) is 45.0 Å². The summed E-state index contributed by atoms with van der Waals surface area (Å²) in [4.78, 5) is 25.0. The Morgan fingerprint density at radius 2 is 1.89 bits per heavy atom. The lowest BCUT2D eigenvalue weighted by Gasteiger charge is -2.09. The van der Waals surface area contributed by atoms with E-state index in [1.165, 1.54) is 13.2 Å². The quantitative estimate of drug-likeness (QED) is 0.456. The minimum Gasteiger partial charge on any atom is -0.496 e. The van der Waals surface area contributed by atoms with Crippen LogP contribution in [0.2, 0.25) is 5.02 Å². The number of halogens is 1. The van der Waals surface area contributed by atoms with Crippen molar-refractivity contribution < 1.29 is 23.6 Å². The first kappa shape index (κ1) is 19.7. The molecule has 146 valence electrons. The Balaban J connectivity index is 1.77. The molecule has 28 heavy (non-hydrogen) atoms. The normalized spacial score (nSPS) is 10.8. The summed E-state index contributed by atoms with van der Waals surface area (Å²) in [7, 11) is 1.44. The summed E-state index contributed by atoms with van der Waals surface area (Å²) in [5.41, 5.74) is 2.11. The SMILES string of the molecule is COc1ccc(Cl)cc1C(=O)OCC(=O)c1cc(C)n(-c2cc(C)on2)c1C. The summed E-state index contributed by atoms with van der Waals surface area (Å²) < 4.78 is 17.2. The van der Waals surface area contributed by atoms with Crippen molar-refractivity contribution in [1.82, 2.24) is 9.72 Å². The zero-order valence-corrected chi connectivity index (χ0v) is 16.7. The highest BCUT2D eigenvalue weighted by atomic mass is 35.5. The van der Waals surface area contributed by atoms with E-state index in [2.05, 4.69) is 5.16 Å². The molecular weight excluding hydrogens is 384 g/mol. The highest BCUT2D eigenvalue weighted by Gasteiger charge is 2.21. The highest BCUT2D eigenvalue weighted by Crippen LogP contribution is 2.24. The number of aromatic nitrogens is 2. The molecule has 2 aromatic heterocycles. The number of esters is 1. The van der Waals surface area contributed by atoms with Gasteiger partial charge in [0.05, 0.1) is 7.11 Å². The average Bonchev–Trinajstić information content (AvgIpc) is 3.21. The van der Waals surface area contributed by atoms with E-state index in [1.54, 1.807) is 38.1 Å². The van der Waals surface area contributed by atoms with E-state index in [0.29, 0.717) is 33.6 Å². The number of methoxy groups -OCH3 is 1. The molecule has 0 radical (unpaired) electrons. The number of hydrogen-bond acceptors (Lipinski definition) is 6. The topological polar surface area (TPSA) is 83.6 Å². The van der Waals surface area contributed by atoms with Gasteiger partial charge < -0.3 is 14.0 Å². The van der Waals surface area contributed by atoms with Crippen LogP contribution in [0.15, 0.2) is 34.9 Å². The number of Topliss-reactive ketones (excluding diaryl/α,β-unsaturated/α-hetero) is 1. The Morgan fingerprint density at radius 1 is 1.14 bits per heavy atom. The fourth-order valence-corrected chi connectivity index (χ4v) is 3.15. The summed E-state index contributed by atoms with van der Waals surface area (Å²) in [6, 6.07) is 8.11. The van der Waals surface area contributed by atoms with E-state index in [0.717, 1.165) is 5.69 Å². The molecule has 2 heterocycles. The number of rotatable bonds is 6. The molecule has 0 aliphatic rings. The summed E-state index contributed by atoms with van der Waals surface area (Å²) >= 11 is 5.93. The Kier molecular flexibility index (Phi) is 5.56. The van der Waals surface area contributed by atoms with Crippen LogP contribution in [-0.4, -0.2) is 35.2 Å². The predicted molar refractivity (Wildman–Crippen MR) is 103 cm³/mol. The molecule has 3 aromatic rings. The van der Waals surface area contributed by atoms with Crippen molar-refractivity contribution in [3.8, 4) is 11.6 Å². The average molecular weight is 403 g/mol. The molecule has 0 saturated carbocycles. The molecule has 0 aliphatic carbocycles. The molecule has 0 saturated heterocycles. The van der Waals surface area contributed by atoms with Gasteiger partial charge >= 0.3 is 5.97 Å². The fraction of sp³-hybridized carbons (Fsp3) is 0.250. The molecule has 8 heteroatoms. The molecule has 0 fully saturated rings. The molecule has 0 N–H and O–H groups in total. The zero-order chi connectivity index (χ0) is 20.4. The number of benzene rings is 1. The first-order valence-electron chi connectivity index (χ1n) is 8.48. The van der Waals surface area contributed by atoms with Gasteiger partial charge in [-0.15, -0.1) is 0 Å². The van der Waals surface area contributed by atoms with Gasteiger partial charge in [0.2, 0.25) is 5.78 Å². The molecule has 7 nitrogen and oxygen atoms in total. The third kappa shape index (κ3) is 3.80. The smallest absolute Gasteiger partial charge is 0.342 e. The number of carbonyl (C=O) groups excluding carboxylic acids is 2. The molecule has 1 aromatic carbocycles. The summed E-state index contributed by atoms with van der Waals surface area (Å²) in [6.45, 7) is 5.04. The van der Waals surface area contributed by atoms with Crippen LogP contribution < -0.4 is 4.74 Å². The third-order valence-corrected chi connectivity index (χ3v) is 4.53. The molecule has 3 rings (SSSR count). The molecule has 0 bridgehead atoms. The van der Waals surface area contributed by atoms with Crippen molar-refractivity contribution in [2.24, 2.45) is 0 Å². The Labute approximate surface area is 166 Å². The molecular formula is C20H19ClN2O5.